The fourth-order valence-corrected chi connectivity index (χ4v) is 4.51. The van der Waals surface area contributed by atoms with Crippen LogP contribution < -0.4 is 10.2 Å². The van der Waals surface area contributed by atoms with Gasteiger partial charge in [-0.25, -0.2) is 4.68 Å². The van der Waals surface area contributed by atoms with Crippen molar-refractivity contribution in [3.05, 3.63) is 76.4 Å². The number of amides is 2. The van der Waals surface area contributed by atoms with E-state index in [1.54, 1.807) is 22.8 Å². The molecule has 3 heterocycles. The Balaban J connectivity index is 1.68. The molecular weight excluding hydrogens is 376 g/mol. The first kappa shape index (κ1) is 17.0. The number of hydrogen-bond acceptors (Lipinski definition) is 3. The summed E-state index contributed by atoms with van der Waals surface area (Å²) in [7, 11) is 1.75. The Bertz CT molecular complexity index is 1140. The minimum Gasteiger partial charge on any atom is -0.314 e. The van der Waals surface area contributed by atoms with Gasteiger partial charge in [-0.1, -0.05) is 48.0 Å². The molecule has 0 saturated heterocycles. The van der Waals surface area contributed by atoms with Gasteiger partial charge >= 0.3 is 0 Å². The maximum atomic E-state index is 13.4. The maximum absolute atomic E-state index is 13.4. The van der Waals surface area contributed by atoms with Gasteiger partial charge in [0.1, 0.15) is 11.2 Å². The number of carbonyl (C=O) groups excluding carboxylic acids is 2. The molecule has 0 fully saturated rings. The molecule has 2 amide bonds. The first-order valence-corrected chi connectivity index (χ1v) is 9.37. The molecule has 3 aromatic rings. The zero-order valence-corrected chi connectivity index (χ0v) is 15.9. The lowest BCUT2D eigenvalue weighted by Gasteiger charge is -2.32. The molecular formula is C21H17ClN4O2. The van der Waals surface area contributed by atoms with Crippen LogP contribution in [0.5, 0.6) is 0 Å². The third-order valence-electron chi connectivity index (χ3n) is 5.66. The molecule has 0 aliphatic carbocycles. The zero-order valence-electron chi connectivity index (χ0n) is 15.1. The van der Waals surface area contributed by atoms with E-state index >= 15 is 0 Å². The number of rotatable bonds is 2. The van der Waals surface area contributed by atoms with Crippen molar-refractivity contribution in [2.24, 2.45) is 0 Å². The average Bonchev–Trinajstić information content (AvgIpc) is 3.18. The highest BCUT2D eigenvalue weighted by atomic mass is 35.5. The fourth-order valence-electron chi connectivity index (χ4n) is 4.32. The summed E-state index contributed by atoms with van der Waals surface area (Å²) in [6, 6.07) is 15.1. The summed E-state index contributed by atoms with van der Waals surface area (Å²) in [4.78, 5) is 27.7. The summed E-state index contributed by atoms with van der Waals surface area (Å²) in [5.74, 6) is 0.239. The van der Waals surface area contributed by atoms with Crippen molar-refractivity contribution in [3.8, 4) is 0 Å². The second-order valence-electron chi connectivity index (χ2n) is 7.17. The third kappa shape index (κ3) is 2.18. The van der Waals surface area contributed by atoms with Crippen LogP contribution in [0.2, 0.25) is 5.02 Å². The van der Waals surface area contributed by atoms with E-state index in [2.05, 4.69) is 10.4 Å². The van der Waals surface area contributed by atoms with E-state index in [9.17, 15) is 9.59 Å². The summed E-state index contributed by atoms with van der Waals surface area (Å²) in [6.07, 6.45) is 1.76. The van der Waals surface area contributed by atoms with Gasteiger partial charge in [-0.05, 0) is 23.3 Å². The lowest BCUT2D eigenvalue weighted by atomic mass is 9.72. The molecule has 7 heteroatoms. The number of para-hydroxylation sites is 1. The quantitative estimate of drug-likeness (QED) is 0.728. The van der Waals surface area contributed by atoms with Crippen molar-refractivity contribution in [2.75, 3.05) is 17.3 Å². The Kier molecular flexibility index (Phi) is 3.61. The summed E-state index contributed by atoms with van der Waals surface area (Å²) >= 11 is 6.29. The molecule has 0 unspecified atom stereocenters. The molecule has 0 bridgehead atoms. The Hall–Kier alpha value is -3.12. The maximum Gasteiger partial charge on any atom is 0.242 e. The fraction of sp³-hybridized carbons (Fsp3) is 0.190. The van der Waals surface area contributed by atoms with Gasteiger partial charge in [-0.2, -0.15) is 5.10 Å². The number of halogens is 1. The van der Waals surface area contributed by atoms with Crippen LogP contribution in [0.25, 0.3) is 0 Å². The van der Waals surface area contributed by atoms with Crippen LogP contribution in [0.1, 0.15) is 23.1 Å². The van der Waals surface area contributed by atoms with E-state index in [1.807, 2.05) is 48.5 Å². The topological polar surface area (TPSA) is 67.2 Å². The summed E-state index contributed by atoms with van der Waals surface area (Å²) in [5.41, 5.74) is 2.24. The van der Waals surface area contributed by atoms with E-state index in [-0.39, 0.29) is 18.2 Å². The molecule has 5 rings (SSSR count). The molecule has 6 nitrogen and oxygen atoms in total. The van der Waals surface area contributed by atoms with Crippen molar-refractivity contribution in [2.45, 2.75) is 18.4 Å². The standard InChI is InChI=1S/C21H17ClN4O2/c1-25-17-9-5-3-7-14(17)21(20(25)28)10-18(27)24-19-15(21)11-23-26(19)12-13-6-2-4-8-16(13)22/h2-9,11H,10,12H2,1H3,(H,24,27)/t21-/m1/s1. The zero-order chi connectivity index (χ0) is 19.5. The van der Waals surface area contributed by atoms with Crippen molar-refractivity contribution in [3.63, 3.8) is 0 Å². The molecule has 0 radical (unpaired) electrons. The number of anilines is 2. The Morgan fingerprint density at radius 2 is 1.86 bits per heavy atom. The van der Waals surface area contributed by atoms with Crippen LogP contribution in [0, 0.1) is 0 Å². The van der Waals surface area contributed by atoms with Crippen LogP contribution in [0.3, 0.4) is 0 Å². The van der Waals surface area contributed by atoms with E-state index < -0.39 is 5.41 Å². The molecule has 1 atom stereocenters. The van der Waals surface area contributed by atoms with Crippen LogP contribution in [-0.2, 0) is 21.5 Å². The van der Waals surface area contributed by atoms with Crippen LogP contribution in [-0.4, -0.2) is 28.6 Å². The second-order valence-corrected chi connectivity index (χ2v) is 7.57. The normalized spacial score (nSPS) is 20.3. The molecule has 0 saturated carbocycles. The van der Waals surface area contributed by atoms with Gasteiger partial charge in [0, 0.05) is 29.7 Å². The van der Waals surface area contributed by atoms with Crippen molar-refractivity contribution in [1.29, 1.82) is 0 Å². The molecule has 2 aliphatic heterocycles. The predicted octanol–water partition coefficient (Wildman–Crippen LogP) is 3.19. The second kappa shape index (κ2) is 5.94. The van der Waals surface area contributed by atoms with Gasteiger partial charge in [-0.3, -0.25) is 9.59 Å². The lowest BCUT2D eigenvalue weighted by molar-refractivity contribution is -0.126. The number of nitrogens with zero attached hydrogens (tertiary/aromatic N) is 3. The summed E-state index contributed by atoms with van der Waals surface area (Å²) in [6.45, 7) is 0.400. The van der Waals surface area contributed by atoms with E-state index in [0.29, 0.717) is 17.4 Å². The highest BCUT2D eigenvalue weighted by Gasteiger charge is 2.56. The van der Waals surface area contributed by atoms with Gasteiger partial charge in [0.05, 0.1) is 12.7 Å². The number of hydrogen-bond donors (Lipinski definition) is 1. The van der Waals surface area contributed by atoms with E-state index in [0.717, 1.165) is 22.4 Å². The largest absolute Gasteiger partial charge is 0.314 e. The highest BCUT2D eigenvalue weighted by Crippen LogP contribution is 2.51. The molecule has 140 valence electrons. The van der Waals surface area contributed by atoms with Crippen LogP contribution >= 0.6 is 11.6 Å². The smallest absolute Gasteiger partial charge is 0.242 e. The number of nitrogens with one attached hydrogen (secondary N) is 1. The molecule has 1 aromatic heterocycles. The van der Waals surface area contributed by atoms with Crippen molar-refractivity contribution < 1.29 is 9.59 Å². The molecule has 2 aromatic carbocycles. The SMILES string of the molecule is CN1C(=O)[C@]2(CC(=O)Nc3c2cnn3Cc2ccccc2Cl)c2ccccc21. The predicted molar refractivity (Wildman–Crippen MR) is 107 cm³/mol. The third-order valence-corrected chi connectivity index (χ3v) is 6.02. The van der Waals surface area contributed by atoms with Gasteiger partial charge in [0.25, 0.3) is 0 Å². The monoisotopic (exact) mass is 392 g/mol. The number of benzene rings is 2. The molecule has 1 spiro atoms. The number of carbonyl (C=O) groups is 2. The van der Waals surface area contributed by atoms with Gasteiger partial charge < -0.3 is 10.2 Å². The minimum absolute atomic E-state index is 0.0674. The Labute approximate surface area is 166 Å². The number of fused-ring (bicyclic) bond motifs is 4. The van der Waals surface area contributed by atoms with Crippen molar-refractivity contribution >= 4 is 34.9 Å². The molecule has 1 N–H and O–H groups in total. The molecule has 2 aliphatic rings. The first-order valence-electron chi connectivity index (χ1n) is 8.99. The lowest BCUT2D eigenvalue weighted by Crippen LogP contribution is -2.45. The first-order chi connectivity index (χ1) is 13.5. The number of likely N-dealkylation sites (N-methyl/N-ethyl adjacent to an activating group) is 1. The van der Waals surface area contributed by atoms with Gasteiger partial charge in [-0.15, -0.1) is 0 Å². The van der Waals surface area contributed by atoms with Crippen LogP contribution in [0.15, 0.2) is 54.7 Å². The summed E-state index contributed by atoms with van der Waals surface area (Å²) < 4.78 is 1.70. The van der Waals surface area contributed by atoms with Crippen molar-refractivity contribution in [1.82, 2.24) is 9.78 Å². The summed E-state index contributed by atoms with van der Waals surface area (Å²) in [5, 5.41) is 8.04. The van der Waals surface area contributed by atoms with Gasteiger partial charge in [0.2, 0.25) is 11.8 Å². The van der Waals surface area contributed by atoms with E-state index in [1.165, 1.54) is 0 Å². The number of aromatic nitrogens is 2. The Morgan fingerprint density at radius 3 is 2.68 bits per heavy atom. The van der Waals surface area contributed by atoms with E-state index in [4.69, 9.17) is 11.6 Å². The highest BCUT2D eigenvalue weighted by molar-refractivity contribution is 6.31. The molecule has 28 heavy (non-hydrogen) atoms. The van der Waals surface area contributed by atoms with Gasteiger partial charge in [0.15, 0.2) is 0 Å². The Morgan fingerprint density at radius 1 is 1.11 bits per heavy atom. The average molecular weight is 393 g/mol. The minimum atomic E-state index is -1.04. The van der Waals surface area contributed by atoms with Crippen LogP contribution in [0.4, 0.5) is 11.5 Å².